The summed E-state index contributed by atoms with van der Waals surface area (Å²) in [4.78, 5) is 15.8. The summed E-state index contributed by atoms with van der Waals surface area (Å²) in [7, 11) is 0. The minimum Gasteiger partial charge on any atom is -0.366 e. The SMILES string of the molecule is CC(C)SN1CCN(C2C=NN(c3cccc(Cl)c3)C(=O)C2OCC2CC2C)CC1. The Morgan fingerprint density at radius 1 is 1.27 bits per heavy atom. The maximum absolute atomic E-state index is 13.4. The molecular formula is C22H31ClN4O2S. The van der Waals surface area contributed by atoms with Crippen molar-refractivity contribution < 1.29 is 9.53 Å². The summed E-state index contributed by atoms with van der Waals surface area (Å²) in [6, 6.07) is 7.11. The number of anilines is 1. The molecule has 1 aromatic carbocycles. The highest BCUT2D eigenvalue weighted by Gasteiger charge is 2.42. The zero-order valence-electron chi connectivity index (χ0n) is 17.9. The molecule has 2 heterocycles. The number of carbonyl (C=O) groups excluding carboxylic acids is 1. The average molecular weight is 451 g/mol. The van der Waals surface area contributed by atoms with E-state index >= 15 is 0 Å². The summed E-state index contributed by atoms with van der Waals surface area (Å²) in [6.45, 7) is 11.1. The molecule has 3 aliphatic rings. The van der Waals surface area contributed by atoms with Crippen LogP contribution < -0.4 is 5.01 Å². The van der Waals surface area contributed by atoms with Gasteiger partial charge in [-0.25, -0.2) is 4.31 Å². The van der Waals surface area contributed by atoms with E-state index in [1.807, 2.05) is 30.3 Å². The number of nitrogens with zero attached hydrogens (tertiary/aromatic N) is 4. The van der Waals surface area contributed by atoms with Gasteiger partial charge in [0, 0.05) is 42.7 Å². The van der Waals surface area contributed by atoms with Crippen LogP contribution in [0, 0.1) is 11.8 Å². The number of hydrogen-bond donors (Lipinski definition) is 0. The summed E-state index contributed by atoms with van der Waals surface area (Å²) in [5.74, 6) is 1.14. The normalized spacial score (nSPS) is 30.3. The van der Waals surface area contributed by atoms with E-state index in [9.17, 15) is 4.79 Å². The van der Waals surface area contributed by atoms with Gasteiger partial charge in [0.25, 0.3) is 5.91 Å². The molecule has 8 heteroatoms. The number of hydrazone groups is 1. The average Bonchev–Trinajstić information content (AvgIpc) is 3.42. The fourth-order valence-electron chi connectivity index (χ4n) is 4.06. The van der Waals surface area contributed by atoms with Gasteiger partial charge in [-0.2, -0.15) is 10.1 Å². The molecule has 164 valence electrons. The number of rotatable bonds is 7. The van der Waals surface area contributed by atoms with Gasteiger partial charge in [-0.15, -0.1) is 0 Å². The Morgan fingerprint density at radius 2 is 2.00 bits per heavy atom. The smallest absolute Gasteiger partial charge is 0.278 e. The van der Waals surface area contributed by atoms with E-state index in [4.69, 9.17) is 16.3 Å². The van der Waals surface area contributed by atoms with Crippen LogP contribution in [-0.2, 0) is 9.53 Å². The maximum Gasteiger partial charge on any atom is 0.278 e. The Bertz CT molecular complexity index is 784. The van der Waals surface area contributed by atoms with E-state index in [0.717, 1.165) is 26.2 Å². The van der Waals surface area contributed by atoms with Crippen molar-refractivity contribution in [1.82, 2.24) is 9.21 Å². The number of piperazine rings is 1. The Hall–Kier alpha value is -1.12. The number of carbonyl (C=O) groups is 1. The first-order valence-electron chi connectivity index (χ1n) is 10.8. The first-order valence-corrected chi connectivity index (χ1v) is 12.0. The van der Waals surface area contributed by atoms with Crippen molar-refractivity contribution in [2.75, 3.05) is 37.8 Å². The standard InChI is InChI=1S/C22H31ClN4O2S/c1-15(2)30-26-9-7-25(8-10-26)20-13-24-27(19-6-4-5-18(23)12-19)22(28)21(20)29-14-17-11-16(17)3/h4-6,12-13,15-17,20-21H,7-11,14H2,1-3H3. The second kappa shape index (κ2) is 9.57. The quantitative estimate of drug-likeness (QED) is 0.592. The zero-order chi connectivity index (χ0) is 21.3. The van der Waals surface area contributed by atoms with Gasteiger partial charge in [0.15, 0.2) is 6.10 Å². The topological polar surface area (TPSA) is 48.4 Å². The van der Waals surface area contributed by atoms with Gasteiger partial charge in [-0.05, 0) is 36.5 Å². The number of ether oxygens (including phenoxy) is 1. The molecule has 1 aromatic rings. The molecule has 2 aliphatic heterocycles. The largest absolute Gasteiger partial charge is 0.366 e. The third kappa shape index (κ3) is 5.19. The van der Waals surface area contributed by atoms with E-state index < -0.39 is 6.10 Å². The lowest BCUT2D eigenvalue weighted by atomic mass is 10.1. The molecule has 1 saturated heterocycles. The van der Waals surface area contributed by atoms with Crippen LogP contribution in [0.3, 0.4) is 0 Å². The van der Waals surface area contributed by atoms with Crippen molar-refractivity contribution in [3.8, 4) is 0 Å². The highest BCUT2D eigenvalue weighted by Crippen LogP contribution is 2.38. The summed E-state index contributed by atoms with van der Waals surface area (Å²) in [5.41, 5.74) is 0.675. The molecule has 4 atom stereocenters. The number of hydrogen-bond acceptors (Lipinski definition) is 6. The summed E-state index contributed by atoms with van der Waals surface area (Å²) in [6.07, 6.45) is 2.52. The van der Waals surface area contributed by atoms with E-state index in [0.29, 0.717) is 34.4 Å². The second-order valence-corrected chi connectivity index (χ2v) is 10.8. The van der Waals surface area contributed by atoms with Crippen LogP contribution in [0.15, 0.2) is 29.4 Å². The predicted molar refractivity (Wildman–Crippen MR) is 124 cm³/mol. The Kier molecular flexibility index (Phi) is 7.05. The van der Waals surface area contributed by atoms with Crippen LogP contribution in [0.5, 0.6) is 0 Å². The molecule has 0 N–H and O–H groups in total. The second-order valence-electron chi connectivity index (χ2n) is 8.73. The molecule has 0 bridgehead atoms. The maximum atomic E-state index is 13.4. The fourth-order valence-corrected chi connectivity index (χ4v) is 5.21. The number of amides is 1. The van der Waals surface area contributed by atoms with E-state index in [2.05, 4.69) is 35.1 Å². The van der Waals surface area contributed by atoms with Gasteiger partial charge < -0.3 is 4.74 Å². The minimum absolute atomic E-state index is 0.114. The minimum atomic E-state index is -0.543. The lowest BCUT2D eigenvalue weighted by Gasteiger charge is -2.42. The van der Waals surface area contributed by atoms with E-state index in [1.54, 1.807) is 12.1 Å². The molecule has 0 radical (unpaired) electrons. The van der Waals surface area contributed by atoms with Crippen LogP contribution >= 0.6 is 23.5 Å². The molecule has 2 fully saturated rings. The molecular weight excluding hydrogens is 420 g/mol. The summed E-state index contributed by atoms with van der Waals surface area (Å²) < 4.78 is 8.67. The zero-order valence-corrected chi connectivity index (χ0v) is 19.5. The Labute approximate surface area is 188 Å². The molecule has 1 aliphatic carbocycles. The third-order valence-corrected chi connectivity index (χ3v) is 7.29. The molecule has 6 nitrogen and oxygen atoms in total. The van der Waals surface area contributed by atoms with Crippen molar-refractivity contribution in [2.24, 2.45) is 16.9 Å². The molecule has 1 amide bonds. The van der Waals surface area contributed by atoms with Gasteiger partial charge in [0.1, 0.15) is 0 Å². The Balaban J connectivity index is 1.49. The van der Waals surface area contributed by atoms with Crippen LogP contribution in [0.2, 0.25) is 5.02 Å². The monoisotopic (exact) mass is 450 g/mol. The summed E-state index contributed by atoms with van der Waals surface area (Å²) >= 11 is 8.04. The predicted octanol–water partition coefficient (Wildman–Crippen LogP) is 3.76. The summed E-state index contributed by atoms with van der Waals surface area (Å²) in [5, 5.41) is 7.12. The molecule has 0 spiro atoms. The third-order valence-electron chi connectivity index (χ3n) is 5.97. The number of halogens is 1. The van der Waals surface area contributed by atoms with Gasteiger partial charge >= 0.3 is 0 Å². The molecule has 1 saturated carbocycles. The van der Waals surface area contributed by atoms with Crippen molar-refractivity contribution in [2.45, 2.75) is 44.6 Å². The van der Waals surface area contributed by atoms with Crippen LogP contribution in [0.4, 0.5) is 5.69 Å². The fraction of sp³-hybridized carbons (Fsp3) is 0.636. The highest BCUT2D eigenvalue weighted by atomic mass is 35.5. The van der Waals surface area contributed by atoms with Crippen LogP contribution in [0.1, 0.15) is 27.2 Å². The van der Waals surface area contributed by atoms with Crippen molar-refractivity contribution in [3.05, 3.63) is 29.3 Å². The highest BCUT2D eigenvalue weighted by molar-refractivity contribution is 7.97. The molecule has 4 unspecified atom stereocenters. The van der Waals surface area contributed by atoms with Crippen LogP contribution in [0.25, 0.3) is 0 Å². The molecule has 30 heavy (non-hydrogen) atoms. The number of benzene rings is 1. The Morgan fingerprint density at radius 3 is 2.63 bits per heavy atom. The van der Waals surface area contributed by atoms with Gasteiger partial charge in [0.2, 0.25) is 0 Å². The molecule has 4 rings (SSSR count). The van der Waals surface area contributed by atoms with E-state index in [1.165, 1.54) is 11.4 Å². The lowest BCUT2D eigenvalue weighted by molar-refractivity contribution is -0.134. The van der Waals surface area contributed by atoms with Gasteiger partial charge in [-0.1, -0.05) is 50.4 Å². The van der Waals surface area contributed by atoms with Gasteiger partial charge in [0.05, 0.1) is 18.3 Å². The first-order chi connectivity index (χ1) is 14.4. The van der Waals surface area contributed by atoms with Gasteiger partial charge in [-0.3, -0.25) is 9.69 Å². The molecule has 0 aromatic heterocycles. The lowest BCUT2D eigenvalue weighted by Crippen LogP contribution is -2.60. The first kappa shape index (κ1) is 22.1. The van der Waals surface area contributed by atoms with E-state index in [-0.39, 0.29) is 11.9 Å². The van der Waals surface area contributed by atoms with Crippen molar-refractivity contribution in [1.29, 1.82) is 0 Å². The van der Waals surface area contributed by atoms with Crippen LogP contribution in [-0.4, -0.2) is 71.5 Å². The van der Waals surface area contributed by atoms with Crippen molar-refractivity contribution >= 4 is 41.4 Å². The van der Waals surface area contributed by atoms with Crippen molar-refractivity contribution in [3.63, 3.8) is 0 Å².